The highest BCUT2D eigenvalue weighted by Crippen LogP contribution is 2.35. The summed E-state index contributed by atoms with van der Waals surface area (Å²) >= 11 is 3.47. The molecule has 152 valence electrons. The maximum absolute atomic E-state index is 12.1. The number of rotatable bonds is 5. The van der Waals surface area contributed by atoms with E-state index in [0.29, 0.717) is 16.4 Å². The molecular formula is C19H19ClN5O3S-. The number of aromatic nitrogens is 3. The maximum Gasteiger partial charge on any atom is 0.270 e. The van der Waals surface area contributed by atoms with Gasteiger partial charge in [-0.05, 0) is 41.3 Å². The Balaban J connectivity index is 2.13. The van der Waals surface area contributed by atoms with Crippen LogP contribution < -0.4 is 10.0 Å². The summed E-state index contributed by atoms with van der Waals surface area (Å²) in [6.45, 7) is 6.22. The van der Waals surface area contributed by atoms with Crippen LogP contribution in [0.25, 0.3) is 5.69 Å². The molecule has 1 atom stereocenters. The lowest BCUT2D eigenvalue weighted by Crippen LogP contribution is -2.21. The van der Waals surface area contributed by atoms with Crippen molar-refractivity contribution in [1.82, 2.24) is 15.0 Å². The van der Waals surface area contributed by atoms with Crippen molar-refractivity contribution in [2.45, 2.75) is 26.2 Å². The van der Waals surface area contributed by atoms with Crippen molar-refractivity contribution < 1.29 is 13.6 Å². The smallest absolute Gasteiger partial charge is 0.270 e. The van der Waals surface area contributed by atoms with Gasteiger partial charge in [0.1, 0.15) is 0 Å². The lowest BCUT2D eigenvalue weighted by Gasteiger charge is -2.29. The van der Waals surface area contributed by atoms with Crippen LogP contribution in [0.4, 0.5) is 11.4 Å². The van der Waals surface area contributed by atoms with Crippen molar-refractivity contribution in [1.29, 1.82) is 0 Å². The van der Waals surface area contributed by atoms with Crippen LogP contribution in [0, 0.1) is 0 Å². The van der Waals surface area contributed by atoms with Gasteiger partial charge >= 0.3 is 0 Å². The molecule has 0 aliphatic heterocycles. The monoisotopic (exact) mass is 432 g/mol. The maximum atomic E-state index is 12.1. The molecule has 1 amide bonds. The number of hydrogen-bond acceptors (Lipinski definition) is 5. The first-order valence-corrected chi connectivity index (χ1v) is 10.0. The van der Waals surface area contributed by atoms with Gasteiger partial charge in [-0.1, -0.05) is 49.7 Å². The Labute approximate surface area is 175 Å². The van der Waals surface area contributed by atoms with Crippen molar-refractivity contribution in [2.24, 2.45) is 5.73 Å². The molecule has 0 saturated carbocycles. The van der Waals surface area contributed by atoms with Crippen molar-refractivity contribution >= 4 is 40.1 Å². The van der Waals surface area contributed by atoms with Crippen molar-refractivity contribution in [3.63, 3.8) is 0 Å². The lowest BCUT2D eigenvalue weighted by atomic mass is 9.87. The molecule has 0 spiro atoms. The van der Waals surface area contributed by atoms with Crippen LogP contribution in [0.1, 0.15) is 36.8 Å². The van der Waals surface area contributed by atoms with Crippen LogP contribution in [0.3, 0.4) is 0 Å². The Kier molecular flexibility index (Phi) is 5.74. The van der Waals surface area contributed by atoms with E-state index in [1.165, 1.54) is 16.9 Å². The molecule has 29 heavy (non-hydrogen) atoms. The van der Waals surface area contributed by atoms with E-state index in [0.717, 1.165) is 9.87 Å². The van der Waals surface area contributed by atoms with Crippen LogP contribution in [-0.2, 0) is 16.7 Å². The van der Waals surface area contributed by atoms with E-state index in [4.69, 9.17) is 17.3 Å². The van der Waals surface area contributed by atoms with Gasteiger partial charge in [-0.15, -0.1) is 5.10 Å². The molecule has 1 unspecified atom stereocenters. The van der Waals surface area contributed by atoms with Gasteiger partial charge in [0.2, 0.25) is 0 Å². The SMILES string of the molecule is CC(C)(C)c1ccc(N(c2ccc(Cl)cc2-n2cc(C(N)=O)nn2)S(=O)[O-])cc1. The van der Waals surface area contributed by atoms with Crippen molar-refractivity contribution in [3.05, 3.63) is 64.9 Å². The van der Waals surface area contributed by atoms with E-state index in [-0.39, 0.29) is 16.8 Å². The zero-order valence-corrected chi connectivity index (χ0v) is 17.6. The highest BCUT2D eigenvalue weighted by Gasteiger charge is 2.20. The van der Waals surface area contributed by atoms with Gasteiger partial charge in [0.25, 0.3) is 5.91 Å². The first kappa shape index (κ1) is 21.0. The molecular weight excluding hydrogens is 414 g/mol. The van der Waals surface area contributed by atoms with Gasteiger partial charge in [0, 0.05) is 5.02 Å². The molecule has 0 aliphatic carbocycles. The topological polar surface area (TPSA) is 117 Å². The number of primary amides is 1. The van der Waals surface area contributed by atoms with Gasteiger partial charge in [-0.2, -0.15) is 0 Å². The van der Waals surface area contributed by atoms with Gasteiger partial charge in [-0.25, -0.2) is 4.68 Å². The van der Waals surface area contributed by atoms with Crippen LogP contribution in [0.2, 0.25) is 5.02 Å². The van der Waals surface area contributed by atoms with Crippen LogP contribution in [-0.4, -0.2) is 29.7 Å². The molecule has 10 heteroatoms. The third-order valence-corrected chi connectivity index (χ3v) is 5.21. The fraction of sp³-hybridized carbons (Fsp3) is 0.211. The molecule has 2 N–H and O–H groups in total. The number of carbonyl (C=O) groups excluding carboxylic acids is 1. The molecule has 0 bridgehead atoms. The Bertz CT molecular complexity index is 1080. The highest BCUT2D eigenvalue weighted by molar-refractivity contribution is 7.81. The third-order valence-electron chi connectivity index (χ3n) is 4.27. The van der Waals surface area contributed by atoms with E-state index in [9.17, 15) is 13.6 Å². The minimum atomic E-state index is -2.64. The molecule has 1 aromatic heterocycles. The standard InChI is InChI=1S/C19H20ClN5O3S/c1-19(2,3)12-4-7-14(8-5-12)25(29(27)28)16-9-6-13(20)10-17(16)24-11-15(18(21)26)22-23-24/h4-11H,1-3H3,(H2,21,26)(H,27,28)/p-1. The van der Waals surface area contributed by atoms with Crippen LogP contribution in [0.15, 0.2) is 48.7 Å². The number of halogens is 1. The van der Waals surface area contributed by atoms with Crippen LogP contribution >= 0.6 is 11.6 Å². The number of anilines is 2. The summed E-state index contributed by atoms with van der Waals surface area (Å²) in [6, 6.07) is 11.9. The number of benzene rings is 2. The van der Waals surface area contributed by atoms with E-state index in [2.05, 4.69) is 31.1 Å². The molecule has 0 saturated heterocycles. The second-order valence-electron chi connectivity index (χ2n) is 7.35. The Morgan fingerprint density at radius 3 is 2.38 bits per heavy atom. The molecule has 3 aromatic rings. The third kappa shape index (κ3) is 4.47. The number of carbonyl (C=O) groups is 1. The first-order chi connectivity index (χ1) is 13.6. The summed E-state index contributed by atoms with van der Waals surface area (Å²) in [4.78, 5) is 11.3. The molecule has 2 aromatic carbocycles. The van der Waals surface area contributed by atoms with E-state index in [1.807, 2.05) is 12.1 Å². The largest absolute Gasteiger partial charge is 0.755 e. The fourth-order valence-corrected chi connectivity index (χ4v) is 3.52. The minimum absolute atomic E-state index is 0.0553. The molecule has 0 aliphatic rings. The second-order valence-corrected chi connectivity index (χ2v) is 8.59. The van der Waals surface area contributed by atoms with Crippen molar-refractivity contribution in [2.75, 3.05) is 4.31 Å². The van der Waals surface area contributed by atoms with Gasteiger partial charge in [0.05, 0.1) is 34.5 Å². The zero-order valence-electron chi connectivity index (χ0n) is 16.0. The summed E-state index contributed by atoms with van der Waals surface area (Å²) < 4.78 is 26.6. The highest BCUT2D eigenvalue weighted by atomic mass is 35.5. The van der Waals surface area contributed by atoms with Crippen LogP contribution in [0.5, 0.6) is 0 Å². The average Bonchev–Trinajstić information content (AvgIpc) is 3.13. The average molecular weight is 433 g/mol. The van der Waals surface area contributed by atoms with E-state index >= 15 is 0 Å². The second kappa shape index (κ2) is 7.94. The number of nitrogens with two attached hydrogens (primary N) is 1. The molecule has 8 nitrogen and oxygen atoms in total. The predicted octanol–water partition coefficient (Wildman–Crippen LogP) is 3.25. The first-order valence-electron chi connectivity index (χ1n) is 8.60. The molecule has 1 heterocycles. The van der Waals surface area contributed by atoms with E-state index < -0.39 is 17.2 Å². The Morgan fingerprint density at radius 2 is 1.86 bits per heavy atom. The number of nitrogens with zero attached hydrogens (tertiary/aromatic N) is 4. The zero-order chi connectivity index (χ0) is 21.3. The normalized spacial score (nSPS) is 12.6. The fourth-order valence-electron chi connectivity index (χ4n) is 2.75. The van der Waals surface area contributed by atoms with Gasteiger partial charge in [0.15, 0.2) is 5.69 Å². The molecule has 0 fully saturated rings. The molecule has 0 radical (unpaired) electrons. The van der Waals surface area contributed by atoms with Crippen molar-refractivity contribution in [3.8, 4) is 5.69 Å². The number of hydrogen-bond donors (Lipinski definition) is 1. The van der Waals surface area contributed by atoms with Gasteiger partial charge in [-0.3, -0.25) is 13.3 Å². The quantitative estimate of drug-likeness (QED) is 0.621. The Hall–Kier alpha value is -2.75. The summed E-state index contributed by atoms with van der Waals surface area (Å²) in [5, 5.41) is 7.93. The minimum Gasteiger partial charge on any atom is -0.755 e. The summed E-state index contributed by atoms with van der Waals surface area (Å²) in [7, 11) is 0. The lowest BCUT2D eigenvalue weighted by molar-refractivity contribution is 0.0995. The van der Waals surface area contributed by atoms with Gasteiger partial charge < -0.3 is 10.3 Å². The number of amides is 1. The Morgan fingerprint density at radius 1 is 1.21 bits per heavy atom. The summed E-state index contributed by atoms with van der Waals surface area (Å²) in [6.07, 6.45) is 1.31. The summed E-state index contributed by atoms with van der Waals surface area (Å²) in [5.74, 6) is -0.748. The predicted molar refractivity (Wildman–Crippen MR) is 111 cm³/mol. The summed E-state index contributed by atoms with van der Waals surface area (Å²) in [5.41, 5.74) is 7.21. The molecule has 3 rings (SSSR count). The van der Waals surface area contributed by atoms with E-state index in [1.54, 1.807) is 24.3 Å².